The van der Waals surface area contributed by atoms with Crippen LogP contribution in [0.1, 0.15) is 26.7 Å². The van der Waals surface area contributed by atoms with Crippen molar-refractivity contribution in [1.82, 2.24) is 10.2 Å². The Morgan fingerprint density at radius 1 is 1.33 bits per heavy atom. The molecule has 0 amide bonds. The molecule has 18 heavy (non-hydrogen) atoms. The van der Waals surface area contributed by atoms with Crippen LogP contribution in [0.25, 0.3) is 0 Å². The van der Waals surface area contributed by atoms with Crippen LogP contribution in [-0.2, 0) is 9.84 Å². The maximum Gasteiger partial charge on any atom is 0.151 e. The highest BCUT2D eigenvalue weighted by molar-refractivity contribution is 7.91. The molecule has 2 aliphatic heterocycles. The Kier molecular flexibility index (Phi) is 4.67. The fraction of sp³-hybridized carbons (Fsp3) is 1.00. The van der Waals surface area contributed by atoms with Gasteiger partial charge in [0, 0.05) is 25.7 Å². The number of likely N-dealkylation sites (tertiary alicyclic amines) is 1. The Morgan fingerprint density at radius 2 is 2.11 bits per heavy atom. The van der Waals surface area contributed by atoms with Crippen molar-refractivity contribution >= 4 is 9.84 Å². The maximum absolute atomic E-state index is 11.3. The number of sulfone groups is 1. The Hall–Kier alpha value is -0.130. The molecule has 0 radical (unpaired) electrons. The summed E-state index contributed by atoms with van der Waals surface area (Å²) in [5.74, 6) is 2.32. The van der Waals surface area contributed by atoms with Crippen LogP contribution in [0.2, 0.25) is 0 Å². The lowest BCUT2D eigenvalue weighted by Gasteiger charge is -2.19. The van der Waals surface area contributed by atoms with Crippen LogP contribution in [-0.4, -0.2) is 57.0 Å². The molecule has 5 heteroatoms. The molecule has 2 rings (SSSR count). The first-order chi connectivity index (χ1) is 8.46. The molecule has 0 spiro atoms. The number of rotatable bonds is 5. The van der Waals surface area contributed by atoms with Gasteiger partial charge in [-0.15, -0.1) is 0 Å². The minimum absolute atomic E-state index is 0.193. The van der Waals surface area contributed by atoms with Gasteiger partial charge in [0.2, 0.25) is 0 Å². The summed E-state index contributed by atoms with van der Waals surface area (Å²) in [4.78, 5) is 2.50. The van der Waals surface area contributed by atoms with Crippen molar-refractivity contribution in [2.45, 2.75) is 32.7 Å². The van der Waals surface area contributed by atoms with E-state index in [2.05, 4.69) is 24.1 Å². The SMILES string of the molecule is CC(C)C1CCN(CCNC2CCS(=O)(=O)C2)C1. The fourth-order valence-corrected chi connectivity index (χ4v) is 4.70. The second kappa shape index (κ2) is 5.88. The third kappa shape index (κ3) is 3.93. The zero-order chi connectivity index (χ0) is 13.2. The van der Waals surface area contributed by atoms with Crippen molar-refractivity contribution < 1.29 is 8.42 Å². The van der Waals surface area contributed by atoms with Gasteiger partial charge in [0.15, 0.2) is 9.84 Å². The molecule has 4 nitrogen and oxygen atoms in total. The summed E-state index contributed by atoms with van der Waals surface area (Å²) >= 11 is 0. The molecular weight excluding hydrogens is 248 g/mol. The van der Waals surface area contributed by atoms with Gasteiger partial charge in [0.05, 0.1) is 11.5 Å². The molecule has 2 fully saturated rings. The van der Waals surface area contributed by atoms with E-state index in [9.17, 15) is 8.42 Å². The molecule has 0 bridgehead atoms. The van der Waals surface area contributed by atoms with Crippen LogP contribution in [0.3, 0.4) is 0 Å². The van der Waals surface area contributed by atoms with E-state index in [0.717, 1.165) is 31.3 Å². The van der Waals surface area contributed by atoms with Gasteiger partial charge in [-0.1, -0.05) is 13.8 Å². The first kappa shape index (κ1) is 14.3. The molecule has 2 atom stereocenters. The highest BCUT2D eigenvalue weighted by Gasteiger charge is 2.28. The summed E-state index contributed by atoms with van der Waals surface area (Å²) in [5, 5.41) is 3.39. The summed E-state index contributed by atoms with van der Waals surface area (Å²) in [6.45, 7) is 8.99. The standard InChI is InChI=1S/C13H26N2O2S/c1-11(2)12-3-6-15(9-12)7-5-14-13-4-8-18(16,17)10-13/h11-14H,3-10H2,1-2H3. The van der Waals surface area contributed by atoms with Crippen molar-refractivity contribution in [3.05, 3.63) is 0 Å². The summed E-state index contributed by atoms with van der Waals surface area (Å²) < 4.78 is 22.7. The van der Waals surface area contributed by atoms with Crippen molar-refractivity contribution in [2.24, 2.45) is 11.8 Å². The maximum atomic E-state index is 11.3. The third-order valence-electron chi connectivity index (χ3n) is 4.35. The van der Waals surface area contributed by atoms with Gasteiger partial charge in [-0.25, -0.2) is 8.42 Å². The molecule has 0 saturated carbocycles. The van der Waals surface area contributed by atoms with Crippen LogP contribution < -0.4 is 5.32 Å². The lowest BCUT2D eigenvalue weighted by atomic mass is 9.95. The van der Waals surface area contributed by atoms with Gasteiger partial charge < -0.3 is 10.2 Å². The molecule has 106 valence electrons. The van der Waals surface area contributed by atoms with Crippen molar-refractivity contribution in [3.8, 4) is 0 Å². The Bertz CT molecular complexity index is 367. The van der Waals surface area contributed by atoms with Gasteiger partial charge in [0.25, 0.3) is 0 Å². The predicted molar refractivity (Wildman–Crippen MR) is 74.4 cm³/mol. The summed E-state index contributed by atoms with van der Waals surface area (Å²) in [5.41, 5.74) is 0. The second-order valence-electron chi connectivity index (χ2n) is 6.15. The second-order valence-corrected chi connectivity index (χ2v) is 8.38. The molecule has 0 aromatic rings. The Morgan fingerprint density at radius 3 is 2.67 bits per heavy atom. The molecule has 2 aliphatic rings. The molecular formula is C13H26N2O2S. The average Bonchev–Trinajstić information content (AvgIpc) is 2.86. The monoisotopic (exact) mass is 274 g/mol. The van der Waals surface area contributed by atoms with Crippen LogP contribution in [0.4, 0.5) is 0 Å². The van der Waals surface area contributed by atoms with Gasteiger partial charge in [-0.2, -0.15) is 0 Å². The van der Waals surface area contributed by atoms with Gasteiger partial charge in [0.1, 0.15) is 0 Å². The number of hydrogen-bond acceptors (Lipinski definition) is 4. The molecule has 0 aliphatic carbocycles. The van der Waals surface area contributed by atoms with E-state index in [1.54, 1.807) is 0 Å². The van der Waals surface area contributed by atoms with Gasteiger partial charge in [-0.3, -0.25) is 0 Å². The van der Waals surface area contributed by atoms with Crippen LogP contribution >= 0.6 is 0 Å². The summed E-state index contributed by atoms with van der Waals surface area (Å²) in [6.07, 6.45) is 2.10. The molecule has 0 aromatic heterocycles. The molecule has 0 aromatic carbocycles. The van der Waals surface area contributed by atoms with Gasteiger partial charge in [-0.05, 0) is 31.2 Å². The highest BCUT2D eigenvalue weighted by Crippen LogP contribution is 2.23. The zero-order valence-electron chi connectivity index (χ0n) is 11.6. The van der Waals surface area contributed by atoms with E-state index in [0.29, 0.717) is 11.5 Å². The minimum atomic E-state index is -2.74. The van der Waals surface area contributed by atoms with E-state index in [1.165, 1.54) is 19.5 Å². The van der Waals surface area contributed by atoms with E-state index >= 15 is 0 Å². The van der Waals surface area contributed by atoms with Crippen LogP contribution in [0, 0.1) is 11.8 Å². The first-order valence-electron chi connectivity index (χ1n) is 7.12. The molecule has 2 saturated heterocycles. The van der Waals surface area contributed by atoms with Crippen LogP contribution in [0.15, 0.2) is 0 Å². The number of hydrogen-bond donors (Lipinski definition) is 1. The van der Waals surface area contributed by atoms with Crippen molar-refractivity contribution in [2.75, 3.05) is 37.7 Å². The van der Waals surface area contributed by atoms with E-state index < -0.39 is 9.84 Å². The smallest absolute Gasteiger partial charge is 0.151 e. The van der Waals surface area contributed by atoms with Gasteiger partial charge >= 0.3 is 0 Å². The summed E-state index contributed by atoms with van der Waals surface area (Å²) in [6, 6.07) is 0.193. The highest BCUT2D eigenvalue weighted by atomic mass is 32.2. The Labute approximate surface area is 111 Å². The number of nitrogens with zero attached hydrogens (tertiary/aromatic N) is 1. The van der Waals surface area contributed by atoms with E-state index in [4.69, 9.17) is 0 Å². The van der Waals surface area contributed by atoms with E-state index in [-0.39, 0.29) is 6.04 Å². The lowest BCUT2D eigenvalue weighted by Crippen LogP contribution is -2.37. The lowest BCUT2D eigenvalue weighted by molar-refractivity contribution is 0.298. The third-order valence-corrected chi connectivity index (χ3v) is 6.11. The molecule has 2 heterocycles. The largest absolute Gasteiger partial charge is 0.312 e. The summed E-state index contributed by atoms with van der Waals surface area (Å²) in [7, 11) is -2.74. The fourth-order valence-electron chi connectivity index (χ4n) is 2.99. The average molecular weight is 274 g/mol. The predicted octanol–water partition coefficient (Wildman–Crippen LogP) is 0.741. The topological polar surface area (TPSA) is 49.4 Å². The first-order valence-corrected chi connectivity index (χ1v) is 8.94. The normalized spacial score (nSPS) is 32.4. The Balaban J connectivity index is 1.62. The quantitative estimate of drug-likeness (QED) is 0.803. The minimum Gasteiger partial charge on any atom is -0.312 e. The number of nitrogens with one attached hydrogen (secondary N) is 1. The van der Waals surface area contributed by atoms with Crippen LogP contribution in [0.5, 0.6) is 0 Å². The van der Waals surface area contributed by atoms with E-state index in [1.807, 2.05) is 0 Å². The molecule has 1 N–H and O–H groups in total. The van der Waals surface area contributed by atoms with Crippen molar-refractivity contribution in [3.63, 3.8) is 0 Å². The van der Waals surface area contributed by atoms with Crippen molar-refractivity contribution in [1.29, 1.82) is 0 Å². The molecule has 2 unspecified atom stereocenters. The zero-order valence-corrected chi connectivity index (χ0v) is 12.4.